The summed E-state index contributed by atoms with van der Waals surface area (Å²) in [5.74, 6) is -2.96. The maximum absolute atomic E-state index is 13.1. The lowest BCUT2D eigenvalue weighted by molar-refractivity contribution is -0.149. The summed E-state index contributed by atoms with van der Waals surface area (Å²) in [5.41, 5.74) is 16.4. The first-order chi connectivity index (χ1) is 15.0. The third kappa shape index (κ3) is 8.19. The van der Waals surface area contributed by atoms with Crippen LogP contribution in [0.4, 0.5) is 0 Å². The van der Waals surface area contributed by atoms with Crippen molar-refractivity contribution >= 4 is 42.3 Å². The number of amides is 3. The van der Waals surface area contributed by atoms with Gasteiger partial charge in [0.1, 0.15) is 18.1 Å². The smallest absolute Gasteiger partial charge is 0.326 e. The lowest BCUT2D eigenvalue weighted by Gasteiger charge is -2.28. The number of aliphatic imine (C=N–C) groups is 1. The number of likely N-dealkylation sites (tertiary alicyclic amines) is 1. The number of nitrogens with two attached hydrogens (primary N) is 3. The van der Waals surface area contributed by atoms with Crippen molar-refractivity contribution in [1.82, 2.24) is 15.5 Å². The number of carbonyl (C=O) groups excluding carboxylic acids is 3. The Labute approximate surface area is 193 Å². The van der Waals surface area contributed by atoms with E-state index in [1.54, 1.807) is 13.8 Å². The SMILES string of the molecule is CC(C)C(N)C(=O)NC(CS)C(=O)NC(CCCN=C(N)N)C(=O)N1CCCC1C(=O)O. The number of carboxylic acid groups (broad SMARTS) is 1. The van der Waals surface area contributed by atoms with Crippen LogP contribution in [-0.2, 0) is 19.2 Å². The van der Waals surface area contributed by atoms with Crippen LogP contribution in [0.5, 0.6) is 0 Å². The van der Waals surface area contributed by atoms with E-state index >= 15 is 0 Å². The molecule has 1 saturated heterocycles. The molecule has 32 heavy (non-hydrogen) atoms. The normalized spacial score (nSPS) is 18.5. The van der Waals surface area contributed by atoms with Gasteiger partial charge in [0, 0.05) is 18.8 Å². The Morgan fingerprint density at radius 1 is 1.16 bits per heavy atom. The predicted molar refractivity (Wildman–Crippen MR) is 123 cm³/mol. The van der Waals surface area contributed by atoms with Crippen LogP contribution in [0.3, 0.4) is 0 Å². The molecule has 0 saturated carbocycles. The van der Waals surface area contributed by atoms with Crippen molar-refractivity contribution in [3.05, 3.63) is 0 Å². The highest BCUT2D eigenvalue weighted by Crippen LogP contribution is 2.19. The average Bonchev–Trinajstić information content (AvgIpc) is 3.22. The molecular formula is C19H35N7O5S. The molecule has 0 aromatic heterocycles. The van der Waals surface area contributed by atoms with Crippen LogP contribution in [0, 0.1) is 5.92 Å². The number of carboxylic acids is 1. The number of thiol groups is 1. The lowest BCUT2D eigenvalue weighted by atomic mass is 10.0. The fraction of sp³-hybridized carbons (Fsp3) is 0.737. The summed E-state index contributed by atoms with van der Waals surface area (Å²) in [6.45, 7) is 4.08. The molecule has 182 valence electrons. The highest BCUT2D eigenvalue weighted by molar-refractivity contribution is 7.80. The summed E-state index contributed by atoms with van der Waals surface area (Å²) in [7, 11) is 0. The Kier molecular flexibility index (Phi) is 11.3. The highest BCUT2D eigenvalue weighted by atomic mass is 32.1. The van der Waals surface area contributed by atoms with Crippen LogP contribution < -0.4 is 27.8 Å². The second kappa shape index (κ2) is 13.1. The van der Waals surface area contributed by atoms with Crippen LogP contribution >= 0.6 is 12.6 Å². The van der Waals surface area contributed by atoms with Gasteiger partial charge in [-0.1, -0.05) is 13.8 Å². The second-order valence-corrected chi connectivity index (χ2v) is 8.42. The fourth-order valence-electron chi connectivity index (χ4n) is 3.29. The van der Waals surface area contributed by atoms with E-state index in [1.165, 1.54) is 4.90 Å². The number of hydrogen-bond donors (Lipinski definition) is 7. The molecule has 1 aliphatic heterocycles. The first-order valence-electron chi connectivity index (χ1n) is 10.5. The van der Waals surface area contributed by atoms with E-state index in [9.17, 15) is 24.3 Å². The Balaban J connectivity index is 2.93. The van der Waals surface area contributed by atoms with Crippen LogP contribution in [0.2, 0.25) is 0 Å². The number of nitrogens with zero attached hydrogens (tertiary/aromatic N) is 2. The van der Waals surface area contributed by atoms with Gasteiger partial charge in [-0.3, -0.25) is 19.4 Å². The zero-order valence-electron chi connectivity index (χ0n) is 18.5. The molecular weight excluding hydrogens is 438 g/mol. The summed E-state index contributed by atoms with van der Waals surface area (Å²) in [6, 6.07) is -3.76. The van der Waals surface area contributed by atoms with Gasteiger partial charge < -0.3 is 37.8 Å². The van der Waals surface area contributed by atoms with E-state index in [1.807, 2.05) is 0 Å². The standard InChI is InChI=1S/C19H35N7O5S/c1-10(2)14(20)16(28)25-12(9-32)15(27)24-11(5-3-7-23-19(21)22)17(29)26-8-4-6-13(26)18(30)31/h10-14,32H,3-9,20H2,1-2H3,(H,24,27)(H,25,28)(H,30,31)(H4,21,22,23). The molecule has 4 unspecified atom stereocenters. The maximum Gasteiger partial charge on any atom is 0.326 e. The minimum absolute atomic E-state index is 0.0151. The van der Waals surface area contributed by atoms with Crippen molar-refractivity contribution in [1.29, 1.82) is 0 Å². The molecule has 0 bridgehead atoms. The summed E-state index contributed by atoms with van der Waals surface area (Å²) in [5, 5.41) is 14.6. The van der Waals surface area contributed by atoms with Gasteiger partial charge in [-0.05, 0) is 31.6 Å². The van der Waals surface area contributed by atoms with E-state index in [0.29, 0.717) is 19.3 Å². The molecule has 0 aliphatic carbocycles. The average molecular weight is 474 g/mol. The monoisotopic (exact) mass is 473 g/mol. The fourth-order valence-corrected chi connectivity index (χ4v) is 3.54. The molecule has 0 aromatic rings. The Morgan fingerprint density at radius 2 is 1.78 bits per heavy atom. The predicted octanol–water partition coefficient (Wildman–Crippen LogP) is -2.00. The molecule has 1 rings (SSSR count). The van der Waals surface area contributed by atoms with Gasteiger partial charge in [-0.25, -0.2) is 4.79 Å². The molecule has 1 fully saturated rings. The molecule has 9 N–H and O–H groups in total. The molecule has 1 aliphatic rings. The topological polar surface area (TPSA) is 206 Å². The molecule has 0 spiro atoms. The zero-order valence-corrected chi connectivity index (χ0v) is 19.4. The largest absolute Gasteiger partial charge is 0.480 e. The molecule has 1 heterocycles. The minimum atomic E-state index is -1.09. The van der Waals surface area contributed by atoms with Crippen LogP contribution in [0.1, 0.15) is 39.5 Å². The number of nitrogens with one attached hydrogen (secondary N) is 2. The van der Waals surface area contributed by atoms with Gasteiger partial charge in [0.2, 0.25) is 17.7 Å². The van der Waals surface area contributed by atoms with E-state index in [4.69, 9.17) is 17.2 Å². The van der Waals surface area contributed by atoms with Crippen molar-refractivity contribution in [3.8, 4) is 0 Å². The van der Waals surface area contributed by atoms with Gasteiger partial charge in [0.15, 0.2) is 5.96 Å². The third-order valence-electron chi connectivity index (χ3n) is 5.22. The first-order valence-corrected chi connectivity index (χ1v) is 11.2. The van der Waals surface area contributed by atoms with Crippen LogP contribution in [0.15, 0.2) is 4.99 Å². The number of aliphatic carboxylic acids is 1. The molecule has 0 aromatic carbocycles. The molecule has 12 nitrogen and oxygen atoms in total. The summed E-state index contributed by atoms with van der Waals surface area (Å²) in [4.78, 5) is 54.8. The molecule has 4 atom stereocenters. The first kappa shape index (κ1) is 27.5. The van der Waals surface area contributed by atoms with Crippen LogP contribution in [-0.4, -0.2) is 82.7 Å². The zero-order chi connectivity index (χ0) is 24.4. The summed E-state index contributed by atoms with van der Waals surface area (Å²) in [6.07, 6.45) is 1.46. The van der Waals surface area contributed by atoms with E-state index in [-0.39, 0.29) is 37.1 Å². The number of guanidine groups is 1. The minimum Gasteiger partial charge on any atom is -0.480 e. The van der Waals surface area contributed by atoms with Gasteiger partial charge in [0.05, 0.1) is 6.04 Å². The Morgan fingerprint density at radius 3 is 2.31 bits per heavy atom. The van der Waals surface area contributed by atoms with E-state index < -0.39 is 47.9 Å². The third-order valence-corrected chi connectivity index (χ3v) is 5.58. The lowest BCUT2D eigenvalue weighted by Crippen LogP contribution is -2.58. The maximum atomic E-state index is 13.1. The summed E-state index contributed by atoms with van der Waals surface area (Å²) < 4.78 is 0. The Hall–Kier alpha value is -2.54. The van der Waals surface area contributed by atoms with E-state index in [0.717, 1.165) is 0 Å². The molecule has 13 heteroatoms. The quantitative estimate of drug-likeness (QED) is 0.0728. The van der Waals surface area contributed by atoms with Crippen molar-refractivity contribution < 1.29 is 24.3 Å². The van der Waals surface area contributed by atoms with Crippen molar-refractivity contribution in [2.45, 2.75) is 63.7 Å². The van der Waals surface area contributed by atoms with Gasteiger partial charge >= 0.3 is 5.97 Å². The number of rotatable bonds is 12. The molecule has 0 radical (unpaired) electrons. The van der Waals surface area contributed by atoms with Crippen molar-refractivity contribution in [2.75, 3.05) is 18.8 Å². The number of carbonyl (C=O) groups is 4. The second-order valence-electron chi connectivity index (χ2n) is 8.05. The summed E-state index contributed by atoms with van der Waals surface area (Å²) >= 11 is 4.13. The van der Waals surface area contributed by atoms with Gasteiger partial charge in [0.25, 0.3) is 0 Å². The molecule has 3 amide bonds. The number of hydrogen-bond acceptors (Lipinski definition) is 7. The van der Waals surface area contributed by atoms with Crippen molar-refractivity contribution in [2.24, 2.45) is 28.1 Å². The van der Waals surface area contributed by atoms with Gasteiger partial charge in [-0.15, -0.1) is 0 Å². The van der Waals surface area contributed by atoms with Crippen LogP contribution in [0.25, 0.3) is 0 Å². The van der Waals surface area contributed by atoms with E-state index in [2.05, 4.69) is 28.3 Å². The van der Waals surface area contributed by atoms with Gasteiger partial charge in [-0.2, -0.15) is 12.6 Å². The van der Waals surface area contributed by atoms with Crippen molar-refractivity contribution in [3.63, 3.8) is 0 Å². The highest BCUT2D eigenvalue weighted by Gasteiger charge is 2.38. The Bertz CT molecular complexity index is 714.